The van der Waals surface area contributed by atoms with Crippen LogP contribution in [0.15, 0.2) is 41.8 Å². The van der Waals surface area contributed by atoms with Crippen LogP contribution in [0.2, 0.25) is 0 Å². The number of hydrazine groups is 1. The zero-order valence-electron chi connectivity index (χ0n) is 15.6. The number of phenolic OH excluding ortho intramolecular Hbond substituents is 1. The number of nitrogens with two attached hydrogens (primary N) is 1. The molecule has 0 saturated heterocycles. The van der Waals surface area contributed by atoms with Crippen molar-refractivity contribution in [3.63, 3.8) is 0 Å². The van der Waals surface area contributed by atoms with Gasteiger partial charge in [0.25, 0.3) is 5.91 Å². The predicted molar refractivity (Wildman–Crippen MR) is 109 cm³/mol. The van der Waals surface area contributed by atoms with Crippen molar-refractivity contribution in [2.45, 2.75) is 13.8 Å². The number of nitrogens with zero attached hydrogens (tertiary/aromatic N) is 1. The highest BCUT2D eigenvalue weighted by Crippen LogP contribution is 2.36. The van der Waals surface area contributed by atoms with Crippen LogP contribution in [0, 0.1) is 0 Å². The Morgan fingerprint density at radius 2 is 1.82 bits per heavy atom. The van der Waals surface area contributed by atoms with Crippen molar-refractivity contribution in [1.29, 1.82) is 0 Å². The van der Waals surface area contributed by atoms with Crippen LogP contribution in [-0.2, 0) is 0 Å². The number of hydrogen-bond acceptors (Lipinski definition) is 7. The Morgan fingerprint density at radius 3 is 2.54 bits per heavy atom. The Bertz CT molecular complexity index is 987. The molecule has 1 amide bonds. The van der Waals surface area contributed by atoms with Gasteiger partial charge in [-0.15, -0.1) is 11.3 Å². The minimum atomic E-state index is -0.567. The number of phenols is 1. The first-order valence-electron chi connectivity index (χ1n) is 8.77. The maximum Gasteiger partial charge on any atom is 0.268 e. The van der Waals surface area contributed by atoms with Gasteiger partial charge >= 0.3 is 0 Å². The van der Waals surface area contributed by atoms with E-state index in [9.17, 15) is 9.90 Å². The minimum absolute atomic E-state index is 0.0919. The van der Waals surface area contributed by atoms with Gasteiger partial charge in [-0.25, -0.2) is 10.8 Å². The lowest BCUT2D eigenvalue weighted by molar-refractivity contribution is 0.0951. The fraction of sp³-hybridized carbons (Fsp3) is 0.200. The van der Waals surface area contributed by atoms with E-state index in [0.29, 0.717) is 36.0 Å². The van der Waals surface area contributed by atoms with Gasteiger partial charge in [-0.3, -0.25) is 10.2 Å². The van der Waals surface area contributed by atoms with Crippen molar-refractivity contribution in [3.8, 4) is 39.1 Å². The third kappa shape index (κ3) is 4.08. The second-order valence-corrected chi connectivity index (χ2v) is 6.63. The lowest BCUT2D eigenvalue weighted by Crippen LogP contribution is -2.30. The van der Waals surface area contributed by atoms with Crippen LogP contribution in [0.4, 0.5) is 0 Å². The molecule has 0 atom stereocenters. The zero-order valence-corrected chi connectivity index (χ0v) is 16.4. The molecule has 2 aromatic carbocycles. The van der Waals surface area contributed by atoms with Gasteiger partial charge in [0, 0.05) is 16.5 Å². The third-order valence-electron chi connectivity index (χ3n) is 3.96. The number of aromatic hydroxyl groups is 1. The molecule has 0 radical (unpaired) electrons. The Kier molecular flexibility index (Phi) is 6.13. The van der Waals surface area contributed by atoms with Crippen LogP contribution >= 0.6 is 11.3 Å². The summed E-state index contributed by atoms with van der Waals surface area (Å²) in [6, 6.07) is 10.4. The van der Waals surface area contributed by atoms with E-state index in [1.807, 2.05) is 42.9 Å². The molecule has 0 bridgehead atoms. The quantitative estimate of drug-likeness (QED) is 0.318. The molecule has 28 heavy (non-hydrogen) atoms. The van der Waals surface area contributed by atoms with E-state index in [1.165, 1.54) is 17.4 Å². The average Bonchev–Trinajstić information content (AvgIpc) is 3.19. The summed E-state index contributed by atoms with van der Waals surface area (Å²) in [4.78, 5) is 16.5. The summed E-state index contributed by atoms with van der Waals surface area (Å²) in [7, 11) is 0. The van der Waals surface area contributed by atoms with E-state index in [-0.39, 0.29) is 11.3 Å². The number of hydrogen-bond donors (Lipinski definition) is 3. The van der Waals surface area contributed by atoms with Gasteiger partial charge in [0.1, 0.15) is 10.8 Å². The summed E-state index contributed by atoms with van der Waals surface area (Å²) < 4.78 is 11.3. The SMILES string of the molecule is CCOc1ccc(-c2nc(-c3ccc(O)c(C(=O)NN)c3)cs2)cc1OCC. The van der Waals surface area contributed by atoms with Crippen molar-refractivity contribution in [2.75, 3.05) is 13.2 Å². The van der Waals surface area contributed by atoms with Gasteiger partial charge in [0.05, 0.1) is 24.5 Å². The lowest BCUT2D eigenvalue weighted by Gasteiger charge is -2.11. The average molecular weight is 399 g/mol. The first kappa shape index (κ1) is 19.7. The van der Waals surface area contributed by atoms with Crippen LogP contribution in [-0.4, -0.2) is 29.2 Å². The number of aromatic nitrogens is 1. The maximum atomic E-state index is 11.8. The summed E-state index contributed by atoms with van der Waals surface area (Å²) in [5.74, 6) is 5.82. The summed E-state index contributed by atoms with van der Waals surface area (Å²) in [6.45, 7) is 4.93. The van der Waals surface area contributed by atoms with Crippen molar-refractivity contribution in [1.82, 2.24) is 10.4 Å². The van der Waals surface area contributed by atoms with Crippen LogP contribution in [0.1, 0.15) is 24.2 Å². The number of thiazole rings is 1. The first-order chi connectivity index (χ1) is 13.6. The topological polar surface area (TPSA) is 107 Å². The van der Waals surface area contributed by atoms with Crippen LogP contribution < -0.4 is 20.7 Å². The highest BCUT2D eigenvalue weighted by Gasteiger charge is 2.15. The molecule has 146 valence electrons. The molecule has 1 heterocycles. The largest absolute Gasteiger partial charge is 0.507 e. The second kappa shape index (κ2) is 8.73. The molecule has 4 N–H and O–H groups in total. The molecule has 8 heteroatoms. The smallest absolute Gasteiger partial charge is 0.268 e. The van der Waals surface area contributed by atoms with Gasteiger partial charge in [-0.1, -0.05) is 0 Å². The van der Waals surface area contributed by atoms with E-state index < -0.39 is 5.91 Å². The number of nitrogen functional groups attached to an aromatic ring is 1. The molecule has 0 unspecified atom stereocenters. The molecule has 7 nitrogen and oxygen atoms in total. The van der Waals surface area contributed by atoms with E-state index in [4.69, 9.17) is 15.3 Å². The standard InChI is InChI=1S/C20H21N3O4S/c1-3-26-17-8-6-13(10-18(17)27-4-2)20-22-15(11-28-20)12-5-7-16(24)14(9-12)19(25)23-21/h5-11,24H,3-4,21H2,1-2H3,(H,23,25). The van der Waals surface area contributed by atoms with E-state index >= 15 is 0 Å². The molecular formula is C20H21N3O4S. The highest BCUT2D eigenvalue weighted by atomic mass is 32.1. The van der Waals surface area contributed by atoms with Gasteiger partial charge in [-0.05, 0) is 50.2 Å². The van der Waals surface area contributed by atoms with Crippen molar-refractivity contribution in [2.24, 2.45) is 5.84 Å². The lowest BCUT2D eigenvalue weighted by atomic mass is 10.1. The highest BCUT2D eigenvalue weighted by molar-refractivity contribution is 7.13. The number of nitrogens with one attached hydrogen (secondary N) is 1. The predicted octanol–water partition coefficient (Wildman–Crippen LogP) is 3.58. The minimum Gasteiger partial charge on any atom is -0.507 e. The molecule has 1 aromatic heterocycles. The van der Waals surface area contributed by atoms with Crippen LogP contribution in [0.3, 0.4) is 0 Å². The summed E-state index contributed by atoms with van der Waals surface area (Å²) >= 11 is 1.47. The molecule has 0 saturated carbocycles. The summed E-state index contributed by atoms with van der Waals surface area (Å²) in [5.41, 5.74) is 4.42. The number of carbonyl (C=O) groups excluding carboxylic acids is 1. The van der Waals surface area contributed by atoms with Gasteiger partial charge in [0.15, 0.2) is 11.5 Å². The number of carbonyl (C=O) groups is 1. The molecule has 3 rings (SSSR count). The number of amides is 1. The van der Waals surface area contributed by atoms with Crippen LogP contribution in [0.25, 0.3) is 21.8 Å². The number of benzene rings is 2. The molecular weight excluding hydrogens is 378 g/mol. The Balaban J connectivity index is 1.94. The van der Waals surface area contributed by atoms with E-state index in [1.54, 1.807) is 12.1 Å². The fourth-order valence-electron chi connectivity index (χ4n) is 2.68. The van der Waals surface area contributed by atoms with Gasteiger partial charge in [-0.2, -0.15) is 0 Å². The Labute approximate surface area is 166 Å². The monoisotopic (exact) mass is 399 g/mol. The van der Waals surface area contributed by atoms with Crippen molar-refractivity contribution in [3.05, 3.63) is 47.3 Å². The zero-order chi connectivity index (χ0) is 20.1. The first-order valence-corrected chi connectivity index (χ1v) is 9.65. The van der Waals surface area contributed by atoms with E-state index in [0.717, 1.165) is 10.6 Å². The fourth-order valence-corrected chi connectivity index (χ4v) is 3.50. The molecule has 0 fully saturated rings. The van der Waals surface area contributed by atoms with Gasteiger partial charge < -0.3 is 14.6 Å². The van der Waals surface area contributed by atoms with Crippen molar-refractivity contribution >= 4 is 17.2 Å². The third-order valence-corrected chi connectivity index (χ3v) is 4.85. The second-order valence-electron chi connectivity index (χ2n) is 5.77. The molecule has 0 aliphatic heterocycles. The van der Waals surface area contributed by atoms with Gasteiger partial charge in [0.2, 0.25) is 0 Å². The Morgan fingerprint density at radius 1 is 1.11 bits per heavy atom. The molecule has 3 aromatic rings. The normalized spacial score (nSPS) is 10.5. The molecule has 0 aliphatic carbocycles. The Hall–Kier alpha value is -3.10. The molecule has 0 spiro atoms. The maximum absolute atomic E-state index is 11.8. The van der Waals surface area contributed by atoms with E-state index in [2.05, 4.69) is 4.98 Å². The number of ether oxygens (including phenoxy) is 2. The van der Waals surface area contributed by atoms with Crippen molar-refractivity contribution < 1.29 is 19.4 Å². The summed E-state index contributed by atoms with van der Waals surface area (Å²) in [6.07, 6.45) is 0. The number of rotatable bonds is 7. The van der Waals surface area contributed by atoms with Crippen LogP contribution in [0.5, 0.6) is 17.2 Å². The summed E-state index contributed by atoms with van der Waals surface area (Å²) in [5, 5.41) is 12.6. The molecule has 0 aliphatic rings.